The van der Waals surface area contributed by atoms with Crippen LogP contribution in [0.15, 0.2) is 40.3 Å². The SMILES string of the molecule is CCCCCCCCCCCCCCCC(Cc1ccccc1)C(CCCCCCCCCCC)[C+]1N=CC=N1. The largest absolute Gasteiger partial charge is 0.244 e. The molecule has 1 aromatic carbocycles. The average Bonchev–Trinajstić information content (AvgIpc) is 3.51. The zero-order chi connectivity index (χ0) is 28.4. The molecule has 1 aromatic rings. The molecule has 0 saturated heterocycles. The quantitative estimate of drug-likeness (QED) is 0.0733. The van der Waals surface area contributed by atoms with Gasteiger partial charge in [-0.2, -0.15) is 0 Å². The van der Waals surface area contributed by atoms with Crippen molar-refractivity contribution in [3.8, 4) is 0 Å². The van der Waals surface area contributed by atoms with E-state index in [4.69, 9.17) is 9.98 Å². The van der Waals surface area contributed by atoms with Gasteiger partial charge in [-0.3, -0.25) is 0 Å². The summed E-state index contributed by atoms with van der Waals surface area (Å²) in [6.45, 7) is 4.61. The van der Waals surface area contributed by atoms with Crippen LogP contribution in [0, 0.1) is 18.0 Å². The monoisotopic (exact) mass is 550 g/mol. The predicted molar refractivity (Wildman–Crippen MR) is 180 cm³/mol. The summed E-state index contributed by atoms with van der Waals surface area (Å²) in [6, 6.07) is 11.2. The molecule has 2 rings (SSSR count). The van der Waals surface area contributed by atoms with Crippen molar-refractivity contribution >= 4 is 12.4 Å². The van der Waals surface area contributed by atoms with Crippen molar-refractivity contribution in [2.24, 2.45) is 21.8 Å². The van der Waals surface area contributed by atoms with Gasteiger partial charge in [-0.15, -0.1) is 0 Å². The van der Waals surface area contributed by atoms with Gasteiger partial charge in [0.2, 0.25) is 6.17 Å². The predicted octanol–water partition coefficient (Wildman–Crippen LogP) is 12.5. The number of nitrogens with zero attached hydrogens (tertiary/aromatic N) is 2. The molecule has 2 heteroatoms. The van der Waals surface area contributed by atoms with Gasteiger partial charge in [-0.1, -0.05) is 195 Å². The average molecular weight is 550 g/mol. The number of aliphatic imine (C=N–C) groups is 2. The van der Waals surface area contributed by atoms with Gasteiger partial charge in [0.05, 0.1) is 5.92 Å². The van der Waals surface area contributed by atoms with Crippen LogP contribution >= 0.6 is 0 Å². The molecule has 40 heavy (non-hydrogen) atoms. The van der Waals surface area contributed by atoms with E-state index in [1.807, 2.05) is 12.4 Å². The molecule has 1 aliphatic rings. The minimum absolute atomic E-state index is 0.497. The Balaban J connectivity index is 1.72. The van der Waals surface area contributed by atoms with Crippen LogP contribution in [-0.4, -0.2) is 12.4 Å². The first-order chi connectivity index (χ1) is 19.8. The molecule has 0 radical (unpaired) electrons. The molecule has 0 aromatic heterocycles. The second kappa shape index (κ2) is 25.2. The second-order valence-corrected chi connectivity index (χ2v) is 12.6. The van der Waals surface area contributed by atoms with Crippen LogP contribution in [-0.2, 0) is 6.42 Å². The van der Waals surface area contributed by atoms with Crippen LogP contribution in [0.2, 0.25) is 0 Å². The summed E-state index contributed by atoms with van der Waals surface area (Å²) < 4.78 is 0. The van der Waals surface area contributed by atoms with Crippen LogP contribution in [0.5, 0.6) is 0 Å². The lowest BCUT2D eigenvalue weighted by Crippen LogP contribution is -2.22. The Morgan fingerprint density at radius 1 is 0.500 bits per heavy atom. The molecule has 2 atom stereocenters. The second-order valence-electron chi connectivity index (χ2n) is 12.6. The van der Waals surface area contributed by atoms with E-state index in [-0.39, 0.29) is 0 Å². The molecule has 0 amide bonds. The van der Waals surface area contributed by atoms with E-state index in [1.54, 1.807) is 0 Å². The fraction of sp³-hybridized carbons (Fsp3) is 0.763. The molecule has 2 unspecified atom stereocenters. The zero-order valence-electron chi connectivity index (χ0n) is 26.8. The van der Waals surface area contributed by atoms with E-state index in [0.717, 1.165) is 12.6 Å². The van der Waals surface area contributed by atoms with E-state index in [0.29, 0.717) is 11.8 Å². The van der Waals surface area contributed by atoms with Crippen molar-refractivity contribution in [1.82, 2.24) is 0 Å². The first kappa shape index (κ1) is 34.6. The number of hydrogen-bond acceptors (Lipinski definition) is 2. The number of benzene rings is 1. The van der Waals surface area contributed by atoms with Crippen LogP contribution < -0.4 is 0 Å². The molecule has 2 nitrogen and oxygen atoms in total. The summed E-state index contributed by atoms with van der Waals surface area (Å²) in [5.74, 6) is 1.14. The zero-order valence-corrected chi connectivity index (χ0v) is 26.8. The van der Waals surface area contributed by atoms with Gasteiger partial charge in [0.1, 0.15) is 0 Å². The Labute approximate surface area is 250 Å². The molecule has 0 saturated carbocycles. The minimum atomic E-state index is 0.497. The van der Waals surface area contributed by atoms with Crippen LogP contribution in [0.25, 0.3) is 0 Å². The lowest BCUT2D eigenvalue weighted by atomic mass is 9.78. The van der Waals surface area contributed by atoms with Gasteiger partial charge >= 0.3 is 0 Å². The molecule has 0 bridgehead atoms. The molecule has 226 valence electrons. The van der Waals surface area contributed by atoms with Crippen molar-refractivity contribution in [1.29, 1.82) is 0 Å². The first-order valence-corrected chi connectivity index (χ1v) is 17.8. The van der Waals surface area contributed by atoms with Gasteiger partial charge in [-0.05, 0) is 30.7 Å². The van der Waals surface area contributed by atoms with Gasteiger partial charge < -0.3 is 0 Å². The summed E-state index contributed by atoms with van der Waals surface area (Å²) >= 11 is 0. The van der Waals surface area contributed by atoms with E-state index >= 15 is 0 Å². The van der Waals surface area contributed by atoms with Gasteiger partial charge in [0.15, 0.2) is 12.4 Å². The fourth-order valence-corrected chi connectivity index (χ4v) is 6.48. The molecule has 1 heterocycles. The van der Waals surface area contributed by atoms with Gasteiger partial charge in [0.25, 0.3) is 0 Å². The highest BCUT2D eigenvalue weighted by Gasteiger charge is 2.35. The van der Waals surface area contributed by atoms with Gasteiger partial charge in [-0.25, -0.2) is 0 Å². The van der Waals surface area contributed by atoms with Crippen molar-refractivity contribution in [3.63, 3.8) is 0 Å². The fourth-order valence-electron chi connectivity index (χ4n) is 6.48. The van der Waals surface area contributed by atoms with Gasteiger partial charge in [0, 0.05) is 0 Å². The first-order valence-electron chi connectivity index (χ1n) is 17.8. The number of unbranched alkanes of at least 4 members (excludes halogenated alkanes) is 20. The number of hydrogen-bond donors (Lipinski definition) is 0. The Bertz CT molecular complexity index is 712. The molecular weight excluding hydrogens is 484 g/mol. The molecule has 0 fully saturated rings. The maximum Gasteiger partial charge on any atom is 0.244 e. The van der Waals surface area contributed by atoms with Crippen LogP contribution in [0.1, 0.15) is 174 Å². The number of rotatable bonds is 28. The highest BCUT2D eigenvalue weighted by molar-refractivity contribution is 6.18. The molecular formula is C38H65N2+. The molecule has 0 spiro atoms. The Hall–Kier alpha value is -1.57. The third kappa shape index (κ3) is 17.3. The van der Waals surface area contributed by atoms with Crippen LogP contribution in [0.3, 0.4) is 0 Å². The highest BCUT2D eigenvalue weighted by Crippen LogP contribution is 2.37. The lowest BCUT2D eigenvalue weighted by molar-refractivity contribution is 0.284. The standard InChI is InChI=1S/C38H65N2/c1-3-5-7-9-11-13-14-15-16-18-19-21-26-30-36(34-35-28-24-23-25-29-35)37(38-39-32-33-40-38)31-27-22-20-17-12-10-8-6-4-2/h23-25,28-29,32-33,36-37H,3-22,26-27,30-31,34H2,1-2H3/q+1. The Morgan fingerprint density at radius 2 is 0.900 bits per heavy atom. The highest BCUT2D eigenvalue weighted by atomic mass is 15.0. The molecule has 1 aliphatic heterocycles. The van der Waals surface area contributed by atoms with Crippen molar-refractivity contribution < 1.29 is 0 Å². The summed E-state index contributed by atoms with van der Waals surface area (Å²) in [5.41, 5.74) is 1.48. The maximum atomic E-state index is 4.74. The third-order valence-corrected chi connectivity index (χ3v) is 9.02. The van der Waals surface area contributed by atoms with Crippen LogP contribution in [0.4, 0.5) is 0 Å². The summed E-state index contributed by atoms with van der Waals surface area (Å²) in [7, 11) is 0. The van der Waals surface area contributed by atoms with E-state index in [1.165, 1.54) is 160 Å². The third-order valence-electron chi connectivity index (χ3n) is 9.02. The van der Waals surface area contributed by atoms with E-state index in [9.17, 15) is 0 Å². The van der Waals surface area contributed by atoms with E-state index < -0.39 is 0 Å². The summed E-state index contributed by atoms with van der Waals surface area (Å²) in [4.78, 5) is 9.48. The molecule has 0 aliphatic carbocycles. The minimum Gasteiger partial charge on any atom is -0.0965 e. The Morgan fingerprint density at radius 3 is 1.35 bits per heavy atom. The summed E-state index contributed by atoms with van der Waals surface area (Å²) in [6.07, 6.45) is 39.6. The van der Waals surface area contributed by atoms with Crippen molar-refractivity contribution in [2.75, 3.05) is 0 Å². The van der Waals surface area contributed by atoms with Crippen molar-refractivity contribution in [3.05, 3.63) is 42.1 Å². The lowest BCUT2D eigenvalue weighted by Gasteiger charge is -2.26. The van der Waals surface area contributed by atoms with E-state index in [2.05, 4.69) is 44.2 Å². The summed E-state index contributed by atoms with van der Waals surface area (Å²) in [5, 5.41) is 0. The Kier molecular flexibility index (Phi) is 21.8. The topological polar surface area (TPSA) is 24.7 Å². The normalized spacial score (nSPS) is 14.3. The smallest absolute Gasteiger partial charge is 0.0965 e. The van der Waals surface area contributed by atoms with Crippen molar-refractivity contribution in [2.45, 2.75) is 174 Å². The maximum absolute atomic E-state index is 4.74. The molecule has 0 N–H and O–H groups in total.